The predicted octanol–water partition coefficient (Wildman–Crippen LogP) is 5.08. The Bertz CT molecular complexity index is 851. The minimum absolute atomic E-state index is 0.135. The fourth-order valence-electron chi connectivity index (χ4n) is 2.38. The minimum Gasteiger partial charge on any atom is -0.487 e. The van der Waals surface area contributed by atoms with Crippen molar-refractivity contribution >= 4 is 33.2 Å². The number of hydrogen-bond donors (Lipinski definition) is 2. The number of rotatable bonds is 7. The van der Waals surface area contributed by atoms with Crippen LogP contribution in [-0.4, -0.2) is 12.5 Å². The van der Waals surface area contributed by atoms with Crippen molar-refractivity contribution in [2.24, 2.45) is 0 Å². The topological polar surface area (TPSA) is 50.4 Å². The van der Waals surface area contributed by atoms with Crippen LogP contribution in [0, 0.1) is 0 Å². The first kappa shape index (κ1) is 18.0. The zero-order valence-corrected chi connectivity index (χ0v) is 15.7. The second kappa shape index (κ2) is 9.06. The molecule has 3 rings (SSSR count). The zero-order valence-electron chi connectivity index (χ0n) is 14.1. The van der Waals surface area contributed by atoms with Crippen molar-refractivity contribution in [3.63, 3.8) is 0 Å². The van der Waals surface area contributed by atoms with E-state index in [4.69, 9.17) is 4.74 Å². The van der Waals surface area contributed by atoms with Gasteiger partial charge in [0.05, 0.1) is 12.2 Å². The molecule has 0 aromatic heterocycles. The molecule has 132 valence electrons. The smallest absolute Gasteiger partial charge is 0.243 e. The number of carbonyl (C=O) groups is 1. The van der Waals surface area contributed by atoms with Crippen LogP contribution in [0.4, 0.5) is 11.4 Å². The number of halogens is 1. The molecule has 1 amide bonds. The quantitative estimate of drug-likeness (QED) is 0.570. The van der Waals surface area contributed by atoms with E-state index in [9.17, 15) is 4.79 Å². The maximum absolute atomic E-state index is 12.2. The van der Waals surface area contributed by atoms with Crippen molar-refractivity contribution in [2.75, 3.05) is 17.2 Å². The number of nitrogens with one attached hydrogen (secondary N) is 2. The molecule has 0 spiro atoms. The first-order chi connectivity index (χ1) is 12.7. The highest BCUT2D eigenvalue weighted by Gasteiger charge is 2.08. The highest BCUT2D eigenvalue weighted by Crippen LogP contribution is 2.24. The number of para-hydroxylation sites is 2. The second-order valence-corrected chi connectivity index (χ2v) is 6.59. The number of anilines is 2. The highest BCUT2D eigenvalue weighted by molar-refractivity contribution is 9.10. The van der Waals surface area contributed by atoms with Gasteiger partial charge < -0.3 is 15.4 Å². The zero-order chi connectivity index (χ0) is 18.2. The number of carbonyl (C=O) groups excluding carboxylic acids is 1. The Morgan fingerprint density at radius 2 is 1.58 bits per heavy atom. The van der Waals surface area contributed by atoms with Crippen LogP contribution in [0.25, 0.3) is 0 Å². The average Bonchev–Trinajstić information content (AvgIpc) is 2.68. The summed E-state index contributed by atoms with van der Waals surface area (Å²) >= 11 is 3.39. The molecule has 4 nitrogen and oxygen atoms in total. The van der Waals surface area contributed by atoms with E-state index in [0.29, 0.717) is 18.0 Å². The maximum Gasteiger partial charge on any atom is 0.243 e. The molecule has 5 heteroatoms. The second-order valence-electron chi connectivity index (χ2n) is 5.68. The lowest BCUT2D eigenvalue weighted by Crippen LogP contribution is -2.22. The van der Waals surface area contributed by atoms with Crippen molar-refractivity contribution in [2.45, 2.75) is 6.61 Å². The summed E-state index contributed by atoms with van der Waals surface area (Å²) in [7, 11) is 0. The average molecular weight is 411 g/mol. The van der Waals surface area contributed by atoms with Crippen molar-refractivity contribution in [1.29, 1.82) is 0 Å². The Kier molecular flexibility index (Phi) is 6.28. The van der Waals surface area contributed by atoms with Gasteiger partial charge in [-0.2, -0.15) is 0 Å². The molecule has 26 heavy (non-hydrogen) atoms. The number of benzene rings is 3. The molecule has 0 aliphatic heterocycles. The molecule has 2 N–H and O–H groups in total. The van der Waals surface area contributed by atoms with Gasteiger partial charge in [-0.15, -0.1) is 0 Å². The SMILES string of the molecule is O=C(CNc1ccc(Br)cc1)Nc1ccccc1OCc1ccccc1. The van der Waals surface area contributed by atoms with Gasteiger partial charge in [0.15, 0.2) is 0 Å². The fraction of sp³-hybridized carbons (Fsp3) is 0.0952. The van der Waals surface area contributed by atoms with Gasteiger partial charge in [0.25, 0.3) is 0 Å². The Balaban J connectivity index is 1.56. The van der Waals surface area contributed by atoms with Gasteiger partial charge >= 0.3 is 0 Å². The molecule has 0 aliphatic carbocycles. The van der Waals surface area contributed by atoms with Crippen molar-refractivity contribution in [1.82, 2.24) is 0 Å². The molecular weight excluding hydrogens is 392 g/mol. The number of hydrogen-bond acceptors (Lipinski definition) is 3. The first-order valence-electron chi connectivity index (χ1n) is 8.26. The van der Waals surface area contributed by atoms with E-state index in [1.807, 2.05) is 78.9 Å². The summed E-state index contributed by atoms with van der Waals surface area (Å²) in [5.41, 5.74) is 2.62. The van der Waals surface area contributed by atoms with E-state index in [-0.39, 0.29) is 12.5 Å². The number of amides is 1. The summed E-state index contributed by atoms with van der Waals surface area (Å²) in [6.07, 6.45) is 0. The molecule has 0 saturated heterocycles. The summed E-state index contributed by atoms with van der Waals surface area (Å²) in [6, 6.07) is 25.0. The van der Waals surface area contributed by atoms with Crippen LogP contribution in [-0.2, 0) is 11.4 Å². The summed E-state index contributed by atoms with van der Waals surface area (Å²) in [4.78, 5) is 12.2. The van der Waals surface area contributed by atoms with E-state index >= 15 is 0 Å². The van der Waals surface area contributed by atoms with E-state index in [2.05, 4.69) is 26.6 Å². The first-order valence-corrected chi connectivity index (χ1v) is 9.05. The Morgan fingerprint density at radius 1 is 0.885 bits per heavy atom. The normalized spacial score (nSPS) is 10.2. The summed E-state index contributed by atoms with van der Waals surface area (Å²) in [5, 5.41) is 5.99. The Labute approximate surface area is 161 Å². The van der Waals surface area contributed by atoms with Crippen molar-refractivity contribution in [3.05, 3.63) is 88.9 Å². The van der Waals surface area contributed by atoms with Gasteiger partial charge in [-0.05, 0) is 42.0 Å². The van der Waals surface area contributed by atoms with E-state index in [1.54, 1.807) is 0 Å². The van der Waals surface area contributed by atoms with Gasteiger partial charge in [0.2, 0.25) is 5.91 Å². The lowest BCUT2D eigenvalue weighted by Gasteiger charge is -2.13. The summed E-state index contributed by atoms with van der Waals surface area (Å²) in [6.45, 7) is 0.625. The lowest BCUT2D eigenvalue weighted by atomic mass is 10.2. The largest absolute Gasteiger partial charge is 0.487 e. The van der Waals surface area contributed by atoms with Gasteiger partial charge in [-0.1, -0.05) is 58.4 Å². The van der Waals surface area contributed by atoms with Crippen molar-refractivity contribution < 1.29 is 9.53 Å². The Morgan fingerprint density at radius 3 is 2.35 bits per heavy atom. The fourth-order valence-corrected chi connectivity index (χ4v) is 2.64. The van der Waals surface area contributed by atoms with Crippen LogP contribution in [0.5, 0.6) is 5.75 Å². The Hall–Kier alpha value is -2.79. The molecule has 0 bridgehead atoms. The molecule has 0 atom stereocenters. The summed E-state index contributed by atoms with van der Waals surface area (Å²) < 4.78 is 6.86. The lowest BCUT2D eigenvalue weighted by molar-refractivity contribution is -0.114. The number of ether oxygens (including phenoxy) is 1. The van der Waals surface area contributed by atoms with Crippen molar-refractivity contribution in [3.8, 4) is 5.75 Å². The molecule has 3 aromatic carbocycles. The van der Waals surface area contributed by atoms with Crippen LogP contribution in [0.3, 0.4) is 0 Å². The molecular formula is C21H19BrN2O2. The third-order valence-electron chi connectivity index (χ3n) is 3.70. The molecule has 3 aromatic rings. The van der Waals surface area contributed by atoms with Gasteiger partial charge in [0, 0.05) is 10.2 Å². The molecule has 0 saturated carbocycles. The van der Waals surface area contributed by atoms with Crippen LogP contribution in [0.15, 0.2) is 83.3 Å². The highest BCUT2D eigenvalue weighted by atomic mass is 79.9. The van der Waals surface area contributed by atoms with Crippen LogP contribution in [0.1, 0.15) is 5.56 Å². The molecule has 0 aliphatic rings. The van der Waals surface area contributed by atoms with Crippen LogP contribution in [0.2, 0.25) is 0 Å². The van der Waals surface area contributed by atoms with Gasteiger partial charge in [0.1, 0.15) is 12.4 Å². The van der Waals surface area contributed by atoms with Crippen LogP contribution >= 0.6 is 15.9 Å². The van der Waals surface area contributed by atoms with E-state index in [1.165, 1.54) is 0 Å². The predicted molar refractivity (Wildman–Crippen MR) is 108 cm³/mol. The minimum atomic E-state index is -0.135. The van der Waals surface area contributed by atoms with Gasteiger partial charge in [-0.3, -0.25) is 4.79 Å². The van der Waals surface area contributed by atoms with E-state index < -0.39 is 0 Å². The maximum atomic E-state index is 12.2. The molecule has 0 heterocycles. The van der Waals surface area contributed by atoms with Crippen LogP contribution < -0.4 is 15.4 Å². The monoisotopic (exact) mass is 410 g/mol. The standard InChI is InChI=1S/C21H19BrN2O2/c22-17-10-12-18(13-11-17)23-14-21(25)24-19-8-4-5-9-20(19)26-15-16-6-2-1-3-7-16/h1-13,23H,14-15H2,(H,24,25). The third-order valence-corrected chi connectivity index (χ3v) is 4.22. The van der Waals surface area contributed by atoms with Gasteiger partial charge in [-0.25, -0.2) is 0 Å². The van der Waals surface area contributed by atoms with E-state index in [0.717, 1.165) is 15.7 Å². The molecule has 0 fully saturated rings. The molecule has 0 unspecified atom stereocenters. The molecule has 0 radical (unpaired) electrons. The third kappa shape index (κ3) is 5.36. The summed E-state index contributed by atoms with van der Waals surface area (Å²) in [5.74, 6) is 0.511.